The second kappa shape index (κ2) is 12.0. The largest absolute Gasteiger partial charge is 0.466 e. The van der Waals surface area contributed by atoms with Gasteiger partial charge in [0.2, 0.25) is 0 Å². The molecular weight excluding hydrogens is 462 g/mol. The van der Waals surface area contributed by atoms with E-state index >= 15 is 0 Å². The zero-order chi connectivity index (χ0) is 4.24. The maximum absolute atomic E-state index is 4.95. The van der Waals surface area contributed by atoms with E-state index < -0.39 is 0 Å². The minimum Gasteiger partial charge on any atom is -0.466 e. The third-order valence-electron chi connectivity index (χ3n) is 0.736. The monoisotopic (exact) mass is 476 g/mol. The van der Waals surface area contributed by atoms with Gasteiger partial charge in [-0.25, -0.2) is 6.54 Å². The van der Waals surface area contributed by atoms with Crippen molar-refractivity contribution in [1.82, 2.24) is 5.32 Å². The summed E-state index contributed by atoms with van der Waals surface area (Å²) in [5.74, 6) is 0. The Morgan fingerprint density at radius 1 is 1.33 bits per heavy atom. The van der Waals surface area contributed by atoms with Gasteiger partial charge < -0.3 is 10.1 Å². The summed E-state index contributed by atoms with van der Waals surface area (Å²) in [6.45, 7) is 4.51. The number of hydrogen-bond acceptors (Lipinski definition) is 2. The Morgan fingerprint density at radius 3 is 2.11 bits per heavy atom. The van der Waals surface area contributed by atoms with Crippen LogP contribution in [-0.2, 0) is 45.6 Å². The third kappa shape index (κ3) is 9.24. The van der Waals surface area contributed by atoms with E-state index in [9.17, 15) is 0 Å². The number of rotatable bonds is 0. The van der Waals surface area contributed by atoms with Gasteiger partial charge in [0.05, 0.1) is 6.61 Å². The molecule has 1 N–H and O–H groups in total. The topological polar surface area (TPSA) is 21.3 Å². The van der Waals surface area contributed by atoms with Crippen molar-refractivity contribution in [2.24, 2.45) is 0 Å². The van der Waals surface area contributed by atoms with E-state index in [1.807, 2.05) is 6.54 Å². The van der Waals surface area contributed by atoms with E-state index in [1.165, 1.54) is 0 Å². The molecular formula is C5H12NORe2-. The zero-order valence-electron chi connectivity index (χ0n) is 4.36. The summed E-state index contributed by atoms with van der Waals surface area (Å²) in [7, 11) is 0. The molecule has 0 aromatic carbocycles. The molecule has 0 aliphatic carbocycles. The second-order valence-electron chi connectivity index (χ2n) is 1.23. The average Bonchev–Trinajstić information content (AvgIpc) is 1.72. The molecule has 1 aliphatic rings. The molecule has 1 fully saturated rings. The Hall–Kier alpha value is 1.24. The van der Waals surface area contributed by atoms with Crippen molar-refractivity contribution < 1.29 is 45.6 Å². The first-order chi connectivity index (χ1) is 3.00. The molecule has 1 heterocycles. The summed E-state index contributed by atoms with van der Waals surface area (Å²) in [5, 5.41) is 3.03. The molecule has 0 saturated carbocycles. The first kappa shape index (κ1) is 16.7. The number of hydrogen-bond donors (Lipinski definition) is 1. The number of morpholine rings is 1. The van der Waals surface area contributed by atoms with Crippen molar-refractivity contribution in [2.45, 2.75) is 7.43 Å². The summed E-state index contributed by atoms with van der Waals surface area (Å²) in [6.07, 6.45) is 0. The van der Waals surface area contributed by atoms with Crippen LogP contribution < -0.4 is 5.32 Å². The molecule has 2 radical (unpaired) electrons. The zero-order valence-corrected chi connectivity index (χ0v) is 9.79. The first-order valence-electron chi connectivity index (χ1n) is 2.13. The summed E-state index contributed by atoms with van der Waals surface area (Å²) in [6, 6.07) is 0. The van der Waals surface area contributed by atoms with E-state index in [1.54, 1.807) is 0 Å². The van der Waals surface area contributed by atoms with E-state index in [-0.39, 0.29) is 48.3 Å². The van der Waals surface area contributed by atoms with E-state index in [0.29, 0.717) is 0 Å². The van der Waals surface area contributed by atoms with E-state index in [2.05, 4.69) is 5.32 Å². The van der Waals surface area contributed by atoms with Crippen molar-refractivity contribution in [1.29, 1.82) is 0 Å². The molecule has 0 atom stereocenters. The Kier molecular flexibility index (Phi) is 22.2. The molecule has 0 amide bonds. The second-order valence-corrected chi connectivity index (χ2v) is 1.23. The van der Waals surface area contributed by atoms with Gasteiger partial charge in [-0.3, -0.25) is 0 Å². The molecule has 58 valence electrons. The van der Waals surface area contributed by atoms with Crippen LogP contribution in [0.3, 0.4) is 0 Å². The van der Waals surface area contributed by atoms with E-state index in [0.717, 1.165) is 19.8 Å². The summed E-state index contributed by atoms with van der Waals surface area (Å²) in [5.41, 5.74) is 0. The fraction of sp³-hybridized carbons (Fsp3) is 0.800. The predicted octanol–water partition coefficient (Wildman–Crippen LogP) is 0.399. The normalized spacial score (nSPS) is 16.0. The van der Waals surface area contributed by atoms with Crippen LogP contribution in [0.2, 0.25) is 0 Å². The minimum absolute atomic E-state index is 0. The summed E-state index contributed by atoms with van der Waals surface area (Å²) in [4.78, 5) is 0. The molecule has 0 spiro atoms. The Bertz CT molecular complexity index is 30.4. The van der Waals surface area contributed by atoms with Crippen LogP contribution >= 0.6 is 0 Å². The molecule has 0 unspecified atom stereocenters. The Morgan fingerprint density at radius 2 is 2.00 bits per heavy atom. The van der Waals surface area contributed by atoms with Gasteiger partial charge in [0.25, 0.3) is 0 Å². The van der Waals surface area contributed by atoms with Gasteiger partial charge in [-0.15, -0.1) is 0 Å². The summed E-state index contributed by atoms with van der Waals surface area (Å²) < 4.78 is 4.95. The summed E-state index contributed by atoms with van der Waals surface area (Å²) >= 11 is 0. The van der Waals surface area contributed by atoms with Gasteiger partial charge in [0.1, 0.15) is 0 Å². The molecule has 0 aromatic rings. The van der Waals surface area contributed by atoms with Gasteiger partial charge in [0, 0.05) is 40.8 Å². The quantitative estimate of drug-likeness (QED) is 0.514. The van der Waals surface area contributed by atoms with Crippen molar-refractivity contribution in [3.63, 3.8) is 0 Å². The van der Waals surface area contributed by atoms with Crippen molar-refractivity contribution in [2.75, 3.05) is 19.8 Å². The molecule has 1 rings (SSSR count). The molecule has 9 heavy (non-hydrogen) atoms. The molecule has 4 heteroatoms. The van der Waals surface area contributed by atoms with Gasteiger partial charge >= 0.3 is 0 Å². The number of ether oxygens (including phenoxy) is 1. The van der Waals surface area contributed by atoms with Gasteiger partial charge in [-0.05, 0) is 6.54 Å². The third-order valence-corrected chi connectivity index (χ3v) is 0.736. The molecule has 2 nitrogen and oxygen atoms in total. The molecule has 1 saturated heterocycles. The maximum atomic E-state index is 4.95. The van der Waals surface area contributed by atoms with Crippen LogP contribution in [-0.4, -0.2) is 19.8 Å². The predicted molar refractivity (Wildman–Crippen MR) is 29.9 cm³/mol. The van der Waals surface area contributed by atoms with Crippen LogP contribution in [0.5, 0.6) is 0 Å². The van der Waals surface area contributed by atoms with Crippen LogP contribution in [0.15, 0.2) is 0 Å². The van der Waals surface area contributed by atoms with Crippen molar-refractivity contribution >= 4 is 0 Å². The SMILES string of the molecule is C.[CH-]1COCCN1.[Re].[Re]. The van der Waals surface area contributed by atoms with Crippen LogP contribution in [0, 0.1) is 6.54 Å². The molecule has 0 aromatic heterocycles. The van der Waals surface area contributed by atoms with Gasteiger partial charge in [-0.2, -0.15) is 0 Å². The number of nitrogens with one attached hydrogen (secondary N) is 1. The smallest absolute Gasteiger partial charge is 0.0532 e. The van der Waals surface area contributed by atoms with E-state index in [4.69, 9.17) is 4.74 Å². The standard InChI is InChI=1S/C4H8NO.CH4.2Re/c1-3-6-4-2-5-1;;;/h1,5H,2-4H2;1H4;;/q-1;;;. The van der Waals surface area contributed by atoms with Gasteiger partial charge in [-0.1, -0.05) is 14.0 Å². The fourth-order valence-corrected chi connectivity index (χ4v) is 0.434. The Balaban J connectivity index is -0.000000120. The maximum Gasteiger partial charge on any atom is 0.0532 e. The van der Waals surface area contributed by atoms with Crippen molar-refractivity contribution in [3.8, 4) is 0 Å². The van der Waals surface area contributed by atoms with Crippen LogP contribution in [0.1, 0.15) is 7.43 Å². The van der Waals surface area contributed by atoms with Crippen LogP contribution in [0.4, 0.5) is 0 Å². The van der Waals surface area contributed by atoms with Gasteiger partial charge in [0.15, 0.2) is 0 Å². The average molecular weight is 475 g/mol. The van der Waals surface area contributed by atoms with Crippen LogP contribution in [0.25, 0.3) is 0 Å². The molecule has 1 aliphatic heterocycles. The molecule has 0 bridgehead atoms. The first-order valence-corrected chi connectivity index (χ1v) is 2.13. The minimum atomic E-state index is 0. The Labute approximate surface area is 84.4 Å². The fourth-order valence-electron chi connectivity index (χ4n) is 0.434. The van der Waals surface area contributed by atoms with Crippen molar-refractivity contribution in [3.05, 3.63) is 6.54 Å².